The van der Waals surface area contributed by atoms with Gasteiger partial charge in [0.05, 0.1) is 0 Å². The van der Waals surface area contributed by atoms with E-state index >= 15 is 0 Å². The maximum atomic E-state index is 10.9. The Morgan fingerprint density at radius 3 is 3.00 bits per heavy atom. The van der Waals surface area contributed by atoms with Gasteiger partial charge in [0.15, 0.2) is 5.65 Å². The van der Waals surface area contributed by atoms with Gasteiger partial charge in [-0.05, 0) is 13.0 Å². The van der Waals surface area contributed by atoms with Gasteiger partial charge in [-0.15, -0.1) is 10.2 Å². The van der Waals surface area contributed by atoms with E-state index in [0.717, 1.165) is 0 Å². The van der Waals surface area contributed by atoms with E-state index in [1.54, 1.807) is 13.0 Å². The van der Waals surface area contributed by atoms with Crippen LogP contribution in [0.2, 0.25) is 0 Å². The first kappa shape index (κ1) is 6.90. The molecule has 2 rings (SSSR count). The van der Waals surface area contributed by atoms with Crippen molar-refractivity contribution in [3.8, 4) is 0 Å². The van der Waals surface area contributed by atoms with Gasteiger partial charge in [-0.2, -0.15) is 0 Å². The van der Waals surface area contributed by atoms with Gasteiger partial charge in [0, 0.05) is 6.07 Å². The summed E-state index contributed by atoms with van der Waals surface area (Å²) < 4.78 is 0. The number of hydrogen-bond acceptors (Lipinski definition) is 4. The lowest BCUT2D eigenvalue weighted by Gasteiger charge is -1.93. The fourth-order valence-corrected chi connectivity index (χ4v) is 0.932. The molecule has 1 N–H and O–H groups in total. The van der Waals surface area contributed by atoms with E-state index in [9.17, 15) is 4.79 Å². The van der Waals surface area contributed by atoms with Gasteiger partial charge in [-0.25, -0.2) is 4.98 Å². The number of aromatic amines is 1. The van der Waals surface area contributed by atoms with Crippen LogP contribution < -0.4 is 5.56 Å². The van der Waals surface area contributed by atoms with Crippen LogP contribution in [0.4, 0.5) is 0 Å². The Kier molecular flexibility index (Phi) is 1.36. The molecule has 2 heterocycles. The largest absolute Gasteiger partial charge is 0.305 e. The third-order valence-electron chi connectivity index (χ3n) is 1.45. The Balaban J connectivity index is 2.89. The van der Waals surface area contributed by atoms with Crippen LogP contribution in [0.3, 0.4) is 0 Å². The van der Waals surface area contributed by atoms with Crippen molar-refractivity contribution in [3.05, 3.63) is 28.3 Å². The topological polar surface area (TPSA) is 71.5 Å². The summed E-state index contributed by atoms with van der Waals surface area (Å²) in [4.78, 5) is 17.4. The first-order valence-corrected chi connectivity index (χ1v) is 3.46. The molecule has 12 heavy (non-hydrogen) atoms. The quantitative estimate of drug-likeness (QED) is 0.592. The van der Waals surface area contributed by atoms with E-state index in [2.05, 4.69) is 20.2 Å². The van der Waals surface area contributed by atoms with E-state index in [1.807, 2.05) is 0 Å². The Hall–Kier alpha value is -1.78. The van der Waals surface area contributed by atoms with Gasteiger partial charge in [0.2, 0.25) is 5.56 Å². The predicted molar refractivity (Wildman–Crippen MR) is 42.7 cm³/mol. The van der Waals surface area contributed by atoms with E-state index < -0.39 is 0 Å². The number of aryl methyl sites for hydroxylation is 1. The van der Waals surface area contributed by atoms with Gasteiger partial charge in [-0.3, -0.25) is 4.79 Å². The molecule has 0 amide bonds. The lowest BCUT2D eigenvalue weighted by Crippen LogP contribution is -2.05. The second-order valence-electron chi connectivity index (χ2n) is 2.42. The van der Waals surface area contributed by atoms with Crippen LogP contribution in [-0.2, 0) is 0 Å². The first-order valence-electron chi connectivity index (χ1n) is 3.46. The van der Waals surface area contributed by atoms with Crippen LogP contribution in [0.1, 0.15) is 5.82 Å². The summed E-state index contributed by atoms with van der Waals surface area (Å²) in [5, 5.41) is 7.59. The molecule has 0 aliphatic carbocycles. The number of hydrogen-bond donors (Lipinski definition) is 1. The van der Waals surface area contributed by atoms with Gasteiger partial charge in [0.25, 0.3) is 0 Å². The highest BCUT2D eigenvalue weighted by Crippen LogP contribution is 1.99. The van der Waals surface area contributed by atoms with Crippen molar-refractivity contribution in [1.82, 2.24) is 20.2 Å². The predicted octanol–water partition coefficient (Wildman–Crippen LogP) is 0.0215. The summed E-state index contributed by atoms with van der Waals surface area (Å²) >= 11 is 0. The smallest absolute Gasteiger partial charge is 0.249 e. The van der Waals surface area contributed by atoms with Crippen LogP contribution in [0.25, 0.3) is 11.2 Å². The lowest BCUT2D eigenvalue weighted by molar-refractivity contribution is 0.939. The minimum atomic E-state index is -0.178. The van der Waals surface area contributed by atoms with Crippen molar-refractivity contribution in [2.75, 3.05) is 0 Å². The van der Waals surface area contributed by atoms with Crippen LogP contribution in [0.5, 0.6) is 0 Å². The molecular formula is C7H6N4O. The summed E-state index contributed by atoms with van der Waals surface area (Å²) in [6, 6.07) is 2.99. The highest BCUT2D eigenvalue weighted by molar-refractivity contribution is 5.67. The number of aromatic nitrogens is 4. The van der Waals surface area contributed by atoms with Crippen molar-refractivity contribution in [2.24, 2.45) is 0 Å². The zero-order valence-electron chi connectivity index (χ0n) is 6.40. The summed E-state index contributed by atoms with van der Waals surface area (Å²) in [6.45, 7) is 1.72. The molecule has 0 aromatic carbocycles. The third-order valence-corrected chi connectivity index (χ3v) is 1.45. The SMILES string of the molecule is Cc1nnc2ccc(=O)[nH]c2n1. The second-order valence-corrected chi connectivity index (χ2v) is 2.42. The van der Waals surface area contributed by atoms with E-state index in [4.69, 9.17) is 0 Å². The van der Waals surface area contributed by atoms with Gasteiger partial charge >= 0.3 is 0 Å². The summed E-state index contributed by atoms with van der Waals surface area (Å²) in [5.74, 6) is 0.546. The molecule has 5 nitrogen and oxygen atoms in total. The van der Waals surface area contributed by atoms with Crippen molar-refractivity contribution >= 4 is 11.2 Å². The maximum absolute atomic E-state index is 10.9. The Morgan fingerprint density at radius 1 is 1.33 bits per heavy atom. The molecule has 0 unspecified atom stereocenters. The Labute approximate surface area is 67.5 Å². The summed E-state index contributed by atoms with van der Waals surface area (Å²) in [7, 11) is 0. The summed E-state index contributed by atoms with van der Waals surface area (Å²) in [5.41, 5.74) is 0.901. The number of rotatable bonds is 0. The number of nitrogens with one attached hydrogen (secondary N) is 1. The molecular weight excluding hydrogens is 156 g/mol. The minimum absolute atomic E-state index is 0.178. The molecule has 0 bridgehead atoms. The number of fused-ring (bicyclic) bond motifs is 1. The maximum Gasteiger partial charge on any atom is 0.249 e. The van der Waals surface area contributed by atoms with Crippen LogP contribution in [-0.4, -0.2) is 20.2 Å². The standard InChI is InChI=1S/C7H6N4O/c1-4-8-7-5(11-10-4)2-3-6(12)9-7/h2-3H,1H3,(H,8,9,10,12). The van der Waals surface area contributed by atoms with Crippen molar-refractivity contribution < 1.29 is 0 Å². The molecule has 0 spiro atoms. The monoisotopic (exact) mass is 162 g/mol. The average molecular weight is 162 g/mol. The second kappa shape index (κ2) is 2.37. The molecule has 2 aromatic rings. The number of pyridine rings is 1. The average Bonchev–Trinajstić information content (AvgIpc) is 2.03. The van der Waals surface area contributed by atoms with E-state index in [0.29, 0.717) is 17.0 Å². The van der Waals surface area contributed by atoms with Gasteiger partial charge in [0.1, 0.15) is 11.3 Å². The van der Waals surface area contributed by atoms with Crippen LogP contribution in [0, 0.1) is 6.92 Å². The fraction of sp³-hybridized carbons (Fsp3) is 0.143. The molecule has 5 heteroatoms. The zero-order chi connectivity index (χ0) is 8.55. The Morgan fingerprint density at radius 2 is 2.17 bits per heavy atom. The van der Waals surface area contributed by atoms with Crippen LogP contribution in [0.15, 0.2) is 16.9 Å². The third kappa shape index (κ3) is 1.05. The van der Waals surface area contributed by atoms with Gasteiger partial charge < -0.3 is 4.98 Å². The molecule has 60 valence electrons. The van der Waals surface area contributed by atoms with Crippen molar-refractivity contribution in [1.29, 1.82) is 0 Å². The fourth-order valence-electron chi connectivity index (χ4n) is 0.932. The molecule has 0 atom stereocenters. The van der Waals surface area contributed by atoms with E-state index in [1.165, 1.54) is 6.07 Å². The number of nitrogens with zero attached hydrogens (tertiary/aromatic N) is 3. The Bertz CT molecular complexity index is 476. The summed E-state index contributed by atoms with van der Waals surface area (Å²) in [6.07, 6.45) is 0. The molecule has 0 aliphatic heterocycles. The molecule has 0 radical (unpaired) electrons. The van der Waals surface area contributed by atoms with E-state index in [-0.39, 0.29) is 5.56 Å². The normalized spacial score (nSPS) is 10.4. The highest BCUT2D eigenvalue weighted by Gasteiger charge is 1.97. The van der Waals surface area contributed by atoms with Crippen molar-refractivity contribution in [2.45, 2.75) is 6.92 Å². The molecule has 0 fully saturated rings. The number of H-pyrrole nitrogens is 1. The van der Waals surface area contributed by atoms with Gasteiger partial charge in [-0.1, -0.05) is 0 Å². The molecule has 2 aromatic heterocycles. The van der Waals surface area contributed by atoms with Crippen molar-refractivity contribution in [3.63, 3.8) is 0 Å². The molecule has 0 saturated heterocycles. The minimum Gasteiger partial charge on any atom is -0.305 e. The first-order chi connectivity index (χ1) is 5.75. The zero-order valence-corrected chi connectivity index (χ0v) is 6.40. The lowest BCUT2D eigenvalue weighted by atomic mass is 10.4. The highest BCUT2D eigenvalue weighted by atomic mass is 16.1. The molecule has 0 aliphatic rings. The molecule has 0 saturated carbocycles. The van der Waals surface area contributed by atoms with Crippen LogP contribution >= 0.6 is 0 Å².